The number of amides is 1. The summed E-state index contributed by atoms with van der Waals surface area (Å²) in [5.41, 5.74) is 2.71. The lowest BCUT2D eigenvalue weighted by Crippen LogP contribution is -2.24. The summed E-state index contributed by atoms with van der Waals surface area (Å²) < 4.78 is 5.31. The minimum absolute atomic E-state index is 0.0511. The van der Waals surface area contributed by atoms with Gasteiger partial charge in [0, 0.05) is 21.5 Å². The van der Waals surface area contributed by atoms with Crippen molar-refractivity contribution in [1.29, 1.82) is 0 Å². The van der Waals surface area contributed by atoms with E-state index < -0.39 is 10.8 Å². The first-order chi connectivity index (χ1) is 14.9. The molecule has 1 N–H and O–H groups in total. The smallest absolute Gasteiger partial charge is 0.283 e. The van der Waals surface area contributed by atoms with Gasteiger partial charge in [-0.2, -0.15) is 5.10 Å². The van der Waals surface area contributed by atoms with Crippen molar-refractivity contribution in [2.45, 2.75) is 9.79 Å². The van der Waals surface area contributed by atoms with Crippen molar-refractivity contribution in [3.05, 3.63) is 92.5 Å². The molecular weight excluding hydrogens is 461 g/mol. The van der Waals surface area contributed by atoms with E-state index in [1.807, 2.05) is 30.3 Å². The molecule has 0 saturated heterocycles. The number of nitro benzene ring substituents is 1. The summed E-state index contributed by atoms with van der Waals surface area (Å²) in [6.07, 6.45) is 1.32. The Kier molecular flexibility index (Phi) is 7.88. The number of ether oxygens (including phenoxy) is 1. The molecule has 0 spiro atoms. The molecule has 3 aromatic carbocycles. The van der Waals surface area contributed by atoms with Crippen LogP contribution in [0.5, 0.6) is 5.75 Å². The zero-order chi connectivity index (χ0) is 22.2. The minimum Gasteiger partial charge on any atom is -0.482 e. The summed E-state index contributed by atoms with van der Waals surface area (Å²) in [6.45, 7) is -0.314. The number of nitrogens with one attached hydrogen (secondary N) is 1. The van der Waals surface area contributed by atoms with Crippen LogP contribution in [0.4, 0.5) is 5.69 Å². The van der Waals surface area contributed by atoms with Crippen LogP contribution in [0.15, 0.2) is 81.6 Å². The van der Waals surface area contributed by atoms with Gasteiger partial charge in [-0.15, -0.1) is 0 Å². The first-order valence-corrected chi connectivity index (χ1v) is 10.4. The third kappa shape index (κ3) is 6.71. The van der Waals surface area contributed by atoms with Crippen molar-refractivity contribution in [3.63, 3.8) is 0 Å². The van der Waals surface area contributed by atoms with E-state index in [9.17, 15) is 14.9 Å². The molecule has 10 heteroatoms. The molecule has 7 nitrogen and oxygen atoms in total. The van der Waals surface area contributed by atoms with E-state index in [0.717, 1.165) is 4.90 Å². The molecule has 1 amide bonds. The fraction of sp³-hybridized carbons (Fsp3) is 0.0476. The van der Waals surface area contributed by atoms with Gasteiger partial charge in [-0.1, -0.05) is 59.2 Å². The van der Waals surface area contributed by atoms with E-state index >= 15 is 0 Å². The molecule has 0 aliphatic heterocycles. The van der Waals surface area contributed by atoms with E-state index in [2.05, 4.69) is 10.5 Å². The maximum Gasteiger partial charge on any atom is 0.283 e. The van der Waals surface area contributed by atoms with Gasteiger partial charge < -0.3 is 4.74 Å². The molecule has 0 atom stereocenters. The van der Waals surface area contributed by atoms with E-state index in [-0.39, 0.29) is 17.3 Å². The molecule has 0 heterocycles. The van der Waals surface area contributed by atoms with Gasteiger partial charge in [0.15, 0.2) is 6.61 Å². The van der Waals surface area contributed by atoms with Crippen LogP contribution in [-0.2, 0) is 4.79 Å². The van der Waals surface area contributed by atoms with Crippen LogP contribution < -0.4 is 10.2 Å². The Bertz CT molecular complexity index is 1130. The number of carbonyl (C=O) groups excluding carboxylic acids is 1. The quantitative estimate of drug-likeness (QED) is 0.260. The molecule has 0 unspecified atom stereocenters. The highest BCUT2D eigenvalue weighted by molar-refractivity contribution is 7.99. The highest BCUT2D eigenvalue weighted by atomic mass is 35.5. The maximum absolute atomic E-state index is 11.9. The number of halogens is 2. The Morgan fingerprint density at radius 3 is 2.61 bits per heavy atom. The fourth-order valence-electron chi connectivity index (χ4n) is 2.41. The summed E-state index contributed by atoms with van der Waals surface area (Å²) in [5, 5.41) is 16.0. The van der Waals surface area contributed by atoms with Crippen molar-refractivity contribution in [2.75, 3.05) is 6.61 Å². The van der Waals surface area contributed by atoms with Crippen molar-refractivity contribution in [3.8, 4) is 5.75 Å². The molecule has 0 bridgehead atoms. The van der Waals surface area contributed by atoms with Gasteiger partial charge in [0.25, 0.3) is 11.6 Å². The maximum atomic E-state index is 11.9. The van der Waals surface area contributed by atoms with Crippen LogP contribution in [0.2, 0.25) is 10.0 Å². The number of hydrazone groups is 1. The summed E-state index contributed by atoms with van der Waals surface area (Å²) in [6, 6.07) is 18.7. The molecule has 0 aliphatic rings. The van der Waals surface area contributed by atoms with E-state index in [1.165, 1.54) is 30.1 Å². The lowest BCUT2D eigenvalue weighted by molar-refractivity contribution is -0.387. The van der Waals surface area contributed by atoms with Crippen LogP contribution in [0.3, 0.4) is 0 Å². The van der Waals surface area contributed by atoms with Gasteiger partial charge in [-0.3, -0.25) is 14.9 Å². The van der Waals surface area contributed by atoms with Gasteiger partial charge in [0.1, 0.15) is 5.75 Å². The molecule has 0 fully saturated rings. The summed E-state index contributed by atoms with van der Waals surface area (Å²) in [5.74, 6) is -0.208. The van der Waals surface area contributed by atoms with Crippen molar-refractivity contribution < 1.29 is 14.5 Å². The Hall–Kier alpha value is -3.07. The largest absolute Gasteiger partial charge is 0.482 e. The monoisotopic (exact) mass is 475 g/mol. The number of hydrogen-bond acceptors (Lipinski definition) is 6. The predicted octanol–water partition coefficient (Wildman–Crippen LogP) is 5.58. The Balaban J connectivity index is 1.60. The summed E-state index contributed by atoms with van der Waals surface area (Å²) >= 11 is 13.1. The zero-order valence-corrected chi connectivity index (χ0v) is 18.2. The van der Waals surface area contributed by atoms with Crippen LogP contribution in [0, 0.1) is 10.1 Å². The molecule has 0 radical (unpaired) electrons. The Morgan fingerprint density at radius 1 is 1.13 bits per heavy atom. The second-order valence-corrected chi connectivity index (χ2v) is 8.01. The van der Waals surface area contributed by atoms with Gasteiger partial charge in [-0.05, 0) is 36.4 Å². The normalized spacial score (nSPS) is 10.8. The number of rotatable bonds is 8. The Labute approximate surface area is 192 Å². The molecule has 3 rings (SSSR count). The molecule has 3 aromatic rings. The van der Waals surface area contributed by atoms with Crippen molar-refractivity contribution in [1.82, 2.24) is 5.43 Å². The average molecular weight is 476 g/mol. The first-order valence-electron chi connectivity index (χ1n) is 8.83. The van der Waals surface area contributed by atoms with Crippen molar-refractivity contribution >= 4 is 52.8 Å². The number of benzene rings is 3. The average Bonchev–Trinajstić information content (AvgIpc) is 2.74. The predicted molar refractivity (Wildman–Crippen MR) is 121 cm³/mol. The highest BCUT2D eigenvalue weighted by Gasteiger charge is 2.15. The summed E-state index contributed by atoms with van der Waals surface area (Å²) in [7, 11) is 0. The van der Waals surface area contributed by atoms with Gasteiger partial charge in [-0.25, -0.2) is 5.43 Å². The van der Waals surface area contributed by atoms with Crippen LogP contribution in [-0.4, -0.2) is 23.7 Å². The second-order valence-electron chi connectivity index (χ2n) is 6.06. The standard InChI is InChI=1S/C21H15Cl2N3O4S/c22-15-7-8-19(17(23)11-15)30-13-21(27)25-24-12-14-6-9-20(18(10-14)26(28)29)31-16-4-2-1-3-5-16/h1-12H,13H2,(H,25,27)/b24-12+. The third-order valence-corrected chi connectivity index (χ3v) is 5.41. The number of hydrogen-bond donors (Lipinski definition) is 1. The molecular formula is C21H15Cl2N3O4S. The van der Waals surface area contributed by atoms with Crippen LogP contribution >= 0.6 is 35.0 Å². The number of carbonyl (C=O) groups is 1. The third-order valence-electron chi connectivity index (χ3n) is 3.81. The summed E-state index contributed by atoms with van der Waals surface area (Å²) in [4.78, 5) is 24.3. The van der Waals surface area contributed by atoms with Gasteiger partial charge in [0.05, 0.1) is 21.1 Å². The molecule has 31 heavy (non-hydrogen) atoms. The lowest BCUT2D eigenvalue weighted by Gasteiger charge is -2.07. The molecule has 158 valence electrons. The van der Waals surface area contributed by atoms with Crippen LogP contribution in [0.1, 0.15) is 5.56 Å². The van der Waals surface area contributed by atoms with Crippen molar-refractivity contribution in [2.24, 2.45) is 5.10 Å². The SMILES string of the molecule is O=C(COc1ccc(Cl)cc1Cl)N/N=C/c1ccc(Sc2ccccc2)c([N+](=O)[O-])c1. The fourth-order valence-corrected chi connectivity index (χ4v) is 3.79. The number of nitrogens with zero attached hydrogens (tertiary/aromatic N) is 2. The van der Waals surface area contributed by atoms with E-state index in [1.54, 1.807) is 24.3 Å². The van der Waals surface area contributed by atoms with Crippen LogP contribution in [0.25, 0.3) is 0 Å². The van der Waals surface area contributed by atoms with Gasteiger partial charge in [0.2, 0.25) is 0 Å². The van der Waals surface area contributed by atoms with Gasteiger partial charge >= 0.3 is 0 Å². The van der Waals surface area contributed by atoms with E-state index in [4.69, 9.17) is 27.9 Å². The zero-order valence-electron chi connectivity index (χ0n) is 15.8. The molecule has 0 aliphatic carbocycles. The topological polar surface area (TPSA) is 93.8 Å². The highest BCUT2D eigenvalue weighted by Crippen LogP contribution is 2.35. The van der Waals surface area contributed by atoms with E-state index in [0.29, 0.717) is 21.2 Å². The number of nitro groups is 1. The molecule has 0 saturated carbocycles. The minimum atomic E-state index is -0.520. The first kappa shape index (κ1) is 22.6. The molecule has 0 aromatic heterocycles. The second kappa shape index (κ2) is 10.8. The Morgan fingerprint density at radius 2 is 1.90 bits per heavy atom. The lowest BCUT2D eigenvalue weighted by atomic mass is 10.2.